The van der Waals surface area contributed by atoms with Gasteiger partial charge in [0.05, 0.1) is 14.7 Å². The molecule has 0 spiro atoms. The zero-order valence-corrected chi connectivity index (χ0v) is 19.3. The molecule has 3 rings (SSSR count). The van der Waals surface area contributed by atoms with Crippen LogP contribution >= 0.6 is 0 Å². The molecule has 0 aromatic heterocycles. The first-order valence-electron chi connectivity index (χ1n) is 9.90. The first-order chi connectivity index (χ1) is 14.1. The number of sulfone groups is 1. The van der Waals surface area contributed by atoms with Crippen LogP contribution in [0.15, 0.2) is 63.2 Å². The van der Waals surface area contributed by atoms with Gasteiger partial charge in [-0.05, 0) is 50.8 Å². The molecule has 0 N–H and O–H groups in total. The van der Waals surface area contributed by atoms with E-state index >= 15 is 0 Å². The highest BCUT2D eigenvalue weighted by molar-refractivity contribution is 7.91. The molecule has 0 unspecified atom stereocenters. The summed E-state index contributed by atoms with van der Waals surface area (Å²) in [5, 5.41) is 0. The average molecular weight is 452 g/mol. The van der Waals surface area contributed by atoms with E-state index in [4.69, 9.17) is 0 Å². The summed E-state index contributed by atoms with van der Waals surface area (Å²) in [6.07, 6.45) is 0. The summed E-state index contributed by atoms with van der Waals surface area (Å²) >= 11 is 0. The molecule has 0 atom stereocenters. The fourth-order valence-electron chi connectivity index (χ4n) is 3.44. The van der Waals surface area contributed by atoms with Crippen LogP contribution in [0.4, 0.5) is 0 Å². The highest BCUT2D eigenvalue weighted by Gasteiger charge is 2.31. The molecule has 0 bridgehead atoms. The maximum atomic E-state index is 13.3. The molecule has 30 heavy (non-hydrogen) atoms. The topological polar surface area (TPSA) is 78.0 Å². The van der Waals surface area contributed by atoms with Crippen molar-refractivity contribution in [1.29, 1.82) is 0 Å². The third kappa shape index (κ3) is 4.92. The van der Waals surface area contributed by atoms with Crippen LogP contribution in [0.3, 0.4) is 0 Å². The fourth-order valence-corrected chi connectivity index (χ4v) is 6.49. The Labute approximate surface area is 179 Å². The van der Waals surface area contributed by atoms with Gasteiger partial charge in [-0.2, -0.15) is 4.31 Å². The highest BCUT2D eigenvalue weighted by atomic mass is 32.2. The van der Waals surface area contributed by atoms with Crippen molar-refractivity contribution < 1.29 is 16.8 Å². The average Bonchev–Trinajstić information content (AvgIpc) is 2.73. The number of nitrogens with zero attached hydrogens (tertiary/aromatic N) is 3. The highest BCUT2D eigenvalue weighted by Crippen LogP contribution is 2.27. The number of hydrogen-bond donors (Lipinski definition) is 0. The molecule has 2 aromatic carbocycles. The molecule has 164 valence electrons. The molecule has 1 aliphatic heterocycles. The number of aryl methyl sites for hydroxylation is 1. The van der Waals surface area contributed by atoms with Crippen LogP contribution in [0.5, 0.6) is 0 Å². The van der Waals surface area contributed by atoms with E-state index in [1.54, 1.807) is 31.2 Å². The van der Waals surface area contributed by atoms with E-state index in [0.717, 1.165) is 13.1 Å². The molecule has 0 radical (unpaired) electrons. The van der Waals surface area contributed by atoms with Crippen molar-refractivity contribution in [2.45, 2.75) is 21.6 Å². The molecule has 1 fully saturated rings. The van der Waals surface area contributed by atoms with E-state index in [2.05, 4.69) is 9.80 Å². The Morgan fingerprint density at radius 1 is 0.867 bits per heavy atom. The zero-order chi connectivity index (χ0) is 21.9. The van der Waals surface area contributed by atoms with Gasteiger partial charge < -0.3 is 4.90 Å². The summed E-state index contributed by atoms with van der Waals surface area (Å²) in [6.45, 7) is 5.62. The summed E-state index contributed by atoms with van der Waals surface area (Å²) in [6, 6.07) is 12.4. The second kappa shape index (κ2) is 9.15. The molecule has 0 amide bonds. The first-order valence-corrected chi connectivity index (χ1v) is 12.8. The summed E-state index contributed by atoms with van der Waals surface area (Å²) < 4.78 is 54.0. The van der Waals surface area contributed by atoms with E-state index in [1.807, 2.05) is 14.1 Å². The Balaban J connectivity index is 1.84. The maximum Gasteiger partial charge on any atom is 0.243 e. The van der Waals surface area contributed by atoms with Crippen molar-refractivity contribution in [2.24, 2.45) is 0 Å². The molecular formula is C21H29N3O4S2. The lowest BCUT2D eigenvalue weighted by atomic mass is 10.2. The molecule has 2 aromatic rings. The number of sulfonamides is 1. The zero-order valence-electron chi connectivity index (χ0n) is 17.7. The van der Waals surface area contributed by atoms with Crippen molar-refractivity contribution >= 4 is 19.9 Å². The van der Waals surface area contributed by atoms with Gasteiger partial charge in [0.25, 0.3) is 0 Å². The summed E-state index contributed by atoms with van der Waals surface area (Å²) in [4.78, 5) is 4.54. The lowest BCUT2D eigenvalue weighted by Crippen LogP contribution is -2.49. The quantitative estimate of drug-likeness (QED) is 0.638. The van der Waals surface area contributed by atoms with E-state index in [-0.39, 0.29) is 14.7 Å². The smallest absolute Gasteiger partial charge is 0.243 e. The standard InChI is InChI=1S/C21H29N3O4S2/c1-18-9-10-20(29(25,26)19-7-5-4-6-8-19)17-21(18)30(27,28)24-15-13-23(14-16-24)12-11-22(2)3/h4-10,17H,11-16H2,1-3H3. The molecule has 1 heterocycles. The molecule has 1 saturated heterocycles. The second-order valence-corrected chi connectivity index (χ2v) is 11.6. The Hall–Kier alpha value is -1.78. The Bertz CT molecular complexity index is 1080. The van der Waals surface area contributed by atoms with E-state index in [0.29, 0.717) is 31.7 Å². The Kier molecular flexibility index (Phi) is 6.98. The van der Waals surface area contributed by atoms with Gasteiger partial charge in [0.15, 0.2) is 0 Å². The van der Waals surface area contributed by atoms with Crippen LogP contribution in [0.2, 0.25) is 0 Å². The number of rotatable bonds is 7. The predicted molar refractivity (Wildman–Crippen MR) is 117 cm³/mol. The Morgan fingerprint density at radius 3 is 2.10 bits per heavy atom. The van der Waals surface area contributed by atoms with Gasteiger partial charge in [-0.1, -0.05) is 24.3 Å². The van der Waals surface area contributed by atoms with Crippen molar-refractivity contribution in [3.05, 3.63) is 54.1 Å². The van der Waals surface area contributed by atoms with Crippen LogP contribution in [0, 0.1) is 6.92 Å². The predicted octanol–water partition coefficient (Wildman–Crippen LogP) is 1.70. The van der Waals surface area contributed by atoms with E-state index in [1.165, 1.54) is 28.6 Å². The number of benzene rings is 2. The minimum Gasteiger partial charge on any atom is -0.308 e. The monoisotopic (exact) mass is 451 g/mol. The summed E-state index contributed by atoms with van der Waals surface area (Å²) in [5.41, 5.74) is 0.539. The van der Waals surface area contributed by atoms with Crippen LogP contribution in [0.25, 0.3) is 0 Å². The molecule has 0 aliphatic carbocycles. The molecule has 7 nitrogen and oxygen atoms in total. The van der Waals surface area contributed by atoms with Crippen molar-refractivity contribution in [3.63, 3.8) is 0 Å². The van der Waals surface area contributed by atoms with Gasteiger partial charge in [-0.3, -0.25) is 4.90 Å². The van der Waals surface area contributed by atoms with Crippen molar-refractivity contribution in [1.82, 2.24) is 14.1 Å². The van der Waals surface area contributed by atoms with Crippen molar-refractivity contribution in [2.75, 3.05) is 53.4 Å². The van der Waals surface area contributed by atoms with Crippen LogP contribution in [-0.4, -0.2) is 84.3 Å². The van der Waals surface area contributed by atoms with Gasteiger partial charge in [0.2, 0.25) is 19.9 Å². The minimum atomic E-state index is -3.79. The molecule has 9 heteroatoms. The van der Waals surface area contributed by atoms with Crippen LogP contribution < -0.4 is 0 Å². The fraction of sp³-hybridized carbons (Fsp3) is 0.429. The third-order valence-corrected chi connectivity index (χ3v) is 9.14. The van der Waals surface area contributed by atoms with E-state index < -0.39 is 19.9 Å². The normalized spacial score (nSPS) is 16.8. The van der Waals surface area contributed by atoms with Gasteiger partial charge in [-0.25, -0.2) is 16.8 Å². The van der Waals surface area contributed by atoms with Gasteiger partial charge in [0, 0.05) is 39.3 Å². The lowest BCUT2D eigenvalue weighted by molar-refractivity contribution is 0.174. The first kappa shape index (κ1) is 22.9. The molecule has 1 aliphatic rings. The van der Waals surface area contributed by atoms with Crippen molar-refractivity contribution in [3.8, 4) is 0 Å². The number of hydrogen-bond acceptors (Lipinski definition) is 6. The second-order valence-electron chi connectivity index (χ2n) is 7.79. The van der Waals surface area contributed by atoms with Crippen LogP contribution in [-0.2, 0) is 19.9 Å². The van der Waals surface area contributed by atoms with Gasteiger partial charge >= 0.3 is 0 Å². The summed E-state index contributed by atoms with van der Waals surface area (Å²) in [5.74, 6) is 0. The SMILES string of the molecule is Cc1ccc(S(=O)(=O)c2ccccc2)cc1S(=O)(=O)N1CCN(CCN(C)C)CC1. The molecular weight excluding hydrogens is 422 g/mol. The van der Waals surface area contributed by atoms with Crippen LogP contribution in [0.1, 0.15) is 5.56 Å². The molecule has 0 saturated carbocycles. The van der Waals surface area contributed by atoms with E-state index in [9.17, 15) is 16.8 Å². The Morgan fingerprint density at radius 2 is 1.50 bits per heavy atom. The van der Waals surface area contributed by atoms with Gasteiger partial charge in [-0.15, -0.1) is 0 Å². The van der Waals surface area contributed by atoms with Gasteiger partial charge in [0.1, 0.15) is 0 Å². The summed E-state index contributed by atoms with van der Waals surface area (Å²) in [7, 11) is -3.54. The number of likely N-dealkylation sites (N-methyl/N-ethyl adjacent to an activating group) is 1. The third-order valence-electron chi connectivity index (χ3n) is 5.34. The number of piperazine rings is 1. The maximum absolute atomic E-state index is 13.3. The largest absolute Gasteiger partial charge is 0.308 e. The lowest BCUT2D eigenvalue weighted by Gasteiger charge is -2.34. The minimum absolute atomic E-state index is 0.0116.